The van der Waals surface area contributed by atoms with Crippen molar-refractivity contribution < 1.29 is 9.47 Å². The highest BCUT2D eigenvalue weighted by Crippen LogP contribution is 2.17. The first-order chi connectivity index (χ1) is 8.36. The average molecular weight is 243 g/mol. The molecule has 0 aromatic rings. The third-order valence-electron chi connectivity index (χ3n) is 3.38. The van der Waals surface area contributed by atoms with Crippen molar-refractivity contribution in [1.29, 1.82) is 0 Å². The molecule has 0 saturated heterocycles. The Hall–Kier alpha value is -0.120. The third kappa shape index (κ3) is 7.02. The first-order valence-electron chi connectivity index (χ1n) is 7.33. The SMILES string of the molecule is CCOC(CNC1CCCCCCC1)OCC. The van der Waals surface area contributed by atoms with E-state index in [1.165, 1.54) is 44.9 Å². The Morgan fingerprint density at radius 1 is 0.941 bits per heavy atom. The molecular weight excluding hydrogens is 214 g/mol. The molecule has 1 rings (SSSR count). The van der Waals surface area contributed by atoms with E-state index in [1.54, 1.807) is 0 Å². The van der Waals surface area contributed by atoms with E-state index in [2.05, 4.69) is 5.32 Å². The molecule has 3 nitrogen and oxygen atoms in total. The van der Waals surface area contributed by atoms with Crippen molar-refractivity contribution in [2.24, 2.45) is 0 Å². The highest BCUT2D eigenvalue weighted by Gasteiger charge is 2.14. The molecule has 17 heavy (non-hydrogen) atoms. The molecule has 1 aliphatic carbocycles. The molecule has 0 heterocycles. The predicted molar refractivity (Wildman–Crippen MR) is 71.1 cm³/mol. The van der Waals surface area contributed by atoms with Crippen molar-refractivity contribution in [2.75, 3.05) is 19.8 Å². The summed E-state index contributed by atoms with van der Waals surface area (Å²) in [6.45, 7) is 6.30. The monoisotopic (exact) mass is 243 g/mol. The molecule has 0 amide bonds. The zero-order chi connectivity index (χ0) is 12.3. The van der Waals surface area contributed by atoms with Gasteiger partial charge in [-0.2, -0.15) is 0 Å². The van der Waals surface area contributed by atoms with E-state index in [9.17, 15) is 0 Å². The lowest BCUT2D eigenvalue weighted by molar-refractivity contribution is -0.133. The van der Waals surface area contributed by atoms with Crippen LogP contribution in [0.4, 0.5) is 0 Å². The lowest BCUT2D eigenvalue weighted by atomic mass is 9.97. The van der Waals surface area contributed by atoms with Crippen LogP contribution in [0.3, 0.4) is 0 Å². The number of ether oxygens (including phenoxy) is 2. The van der Waals surface area contributed by atoms with Crippen LogP contribution < -0.4 is 5.32 Å². The van der Waals surface area contributed by atoms with Gasteiger partial charge in [-0.25, -0.2) is 0 Å². The normalized spacial score (nSPS) is 19.2. The van der Waals surface area contributed by atoms with Gasteiger partial charge in [0, 0.05) is 25.8 Å². The predicted octanol–water partition coefficient (Wildman–Crippen LogP) is 3.09. The minimum Gasteiger partial charge on any atom is -0.352 e. The van der Waals surface area contributed by atoms with Crippen molar-refractivity contribution in [3.63, 3.8) is 0 Å². The maximum absolute atomic E-state index is 5.54. The van der Waals surface area contributed by atoms with E-state index in [-0.39, 0.29) is 6.29 Å². The zero-order valence-electron chi connectivity index (χ0n) is 11.5. The summed E-state index contributed by atoms with van der Waals surface area (Å²) < 4.78 is 11.1. The van der Waals surface area contributed by atoms with E-state index in [0.29, 0.717) is 6.04 Å². The van der Waals surface area contributed by atoms with Crippen molar-refractivity contribution in [2.45, 2.75) is 71.1 Å². The average Bonchev–Trinajstić information content (AvgIpc) is 2.28. The quantitative estimate of drug-likeness (QED) is 0.697. The van der Waals surface area contributed by atoms with Gasteiger partial charge in [0.15, 0.2) is 6.29 Å². The molecule has 0 aliphatic heterocycles. The van der Waals surface area contributed by atoms with Gasteiger partial charge in [-0.05, 0) is 26.7 Å². The Balaban J connectivity index is 2.20. The molecule has 1 aliphatic rings. The molecule has 0 bridgehead atoms. The van der Waals surface area contributed by atoms with Gasteiger partial charge in [0.2, 0.25) is 0 Å². The van der Waals surface area contributed by atoms with Gasteiger partial charge in [-0.15, -0.1) is 0 Å². The summed E-state index contributed by atoms with van der Waals surface area (Å²) in [4.78, 5) is 0. The van der Waals surface area contributed by atoms with Crippen LogP contribution in [0.25, 0.3) is 0 Å². The Bertz CT molecular complexity index is 162. The van der Waals surface area contributed by atoms with Crippen molar-refractivity contribution in [3.05, 3.63) is 0 Å². The summed E-state index contributed by atoms with van der Waals surface area (Å²) in [5.74, 6) is 0. The Morgan fingerprint density at radius 2 is 1.47 bits per heavy atom. The topological polar surface area (TPSA) is 30.5 Å². The van der Waals surface area contributed by atoms with Crippen LogP contribution in [-0.2, 0) is 9.47 Å². The van der Waals surface area contributed by atoms with E-state index >= 15 is 0 Å². The van der Waals surface area contributed by atoms with E-state index < -0.39 is 0 Å². The highest BCUT2D eigenvalue weighted by molar-refractivity contribution is 4.70. The molecule has 0 aromatic carbocycles. The van der Waals surface area contributed by atoms with Gasteiger partial charge >= 0.3 is 0 Å². The van der Waals surface area contributed by atoms with Crippen LogP contribution in [0.15, 0.2) is 0 Å². The summed E-state index contributed by atoms with van der Waals surface area (Å²) >= 11 is 0. The Kier molecular flexibility index (Phi) is 8.67. The number of nitrogens with one attached hydrogen (secondary N) is 1. The molecule has 0 aromatic heterocycles. The van der Waals surface area contributed by atoms with Crippen LogP contribution in [0, 0.1) is 0 Å². The van der Waals surface area contributed by atoms with Crippen LogP contribution in [0.1, 0.15) is 58.8 Å². The molecular formula is C14H29NO2. The van der Waals surface area contributed by atoms with E-state index in [4.69, 9.17) is 9.47 Å². The van der Waals surface area contributed by atoms with Crippen LogP contribution in [0.5, 0.6) is 0 Å². The van der Waals surface area contributed by atoms with Crippen molar-refractivity contribution >= 4 is 0 Å². The minimum atomic E-state index is -0.0737. The van der Waals surface area contributed by atoms with Crippen molar-refractivity contribution in [1.82, 2.24) is 5.32 Å². The number of rotatable bonds is 7. The Labute approximate surface area is 106 Å². The molecule has 1 saturated carbocycles. The molecule has 102 valence electrons. The second kappa shape index (κ2) is 9.86. The van der Waals surface area contributed by atoms with Gasteiger partial charge in [-0.1, -0.05) is 32.1 Å². The standard InChI is InChI=1S/C14H29NO2/c1-3-16-14(17-4-2)12-15-13-10-8-6-5-7-9-11-13/h13-15H,3-12H2,1-2H3. The minimum absolute atomic E-state index is 0.0737. The maximum atomic E-state index is 5.54. The largest absolute Gasteiger partial charge is 0.352 e. The second-order valence-corrected chi connectivity index (χ2v) is 4.79. The number of hydrogen-bond acceptors (Lipinski definition) is 3. The lowest BCUT2D eigenvalue weighted by Gasteiger charge is -2.24. The second-order valence-electron chi connectivity index (χ2n) is 4.79. The summed E-state index contributed by atoms with van der Waals surface area (Å²) in [5, 5.41) is 3.61. The van der Waals surface area contributed by atoms with E-state index in [0.717, 1.165) is 19.8 Å². The van der Waals surface area contributed by atoms with Gasteiger partial charge in [0.1, 0.15) is 0 Å². The van der Waals surface area contributed by atoms with Gasteiger partial charge in [0.05, 0.1) is 0 Å². The maximum Gasteiger partial charge on any atom is 0.169 e. The smallest absolute Gasteiger partial charge is 0.169 e. The fourth-order valence-electron chi connectivity index (χ4n) is 2.46. The van der Waals surface area contributed by atoms with Crippen LogP contribution >= 0.6 is 0 Å². The summed E-state index contributed by atoms with van der Waals surface area (Å²) in [6.07, 6.45) is 9.51. The molecule has 0 atom stereocenters. The zero-order valence-corrected chi connectivity index (χ0v) is 11.5. The third-order valence-corrected chi connectivity index (χ3v) is 3.38. The first-order valence-corrected chi connectivity index (χ1v) is 7.33. The molecule has 1 N–H and O–H groups in total. The molecule has 1 fully saturated rings. The van der Waals surface area contributed by atoms with E-state index in [1.807, 2.05) is 13.8 Å². The molecule has 0 radical (unpaired) electrons. The Morgan fingerprint density at radius 3 is 2.00 bits per heavy atom. The van der Waals surface area contributed by atoms with Crippen LogP contribution in [-0.4, -0.2) is 32.1 Å². The fraction of sp³-hybridized carbons (Fsp3) is 1.00. The summed E-state index contributed by atoms with van der Waals surface area (Å²) in [7, 11) is 0. The summed E-state index contributed by atoms with van der Waals surface area (Å²) in [5.41, 5.74) is 0. The van der Waals surface area contributed by atoms with Gasteiger partial charge in [-0.3, -0.25) is 0 Å². The van der Waals surface area contributed by atoms with Gasteiger partial charge in [0.25, 0.3) is 0 Å². The van der Waals surface area contributed by atoms with Gasteiger partial charge < -0.3 is 14.8 Å². The molecule has 3 heteroatoms. The fourth-order valence-corrected chi connectivity index (χ4v) is 2.46. The molecule has 0 unspecified atom stereocenters. The first kappa shape index (κ1) is 14.9. The summed E-state index contributed by atoms with van der Waals surface area (Å²) in [6, 6.07) is 0.665. The lowest BCUT2D eigenvalue weighted by Crippen LogP contribution is -2.38. The highest BCUT2D eigenvalue weighted by atomic mass is 16.7. The molecule has 0 spiro atoms. The van der Waals surface area contributed by atoms with Crippen molar-refractivity contribution in [3.8, 4) is 0 Å². The number of hydrogen-bond donors (Lipinski definition) is 1. The van der Waals surface area contributed by atoms with Crippen LogP contribution in [0.2, 0.25) is 0 Å².